The third kappa shape index (κ3) is 3.55. The van der Waals surface area contributed by atoms with E-state index in [0.29, 0.717) is 18.7 Å². The molecule has 0 aliphatic carbocycles. The molecule has 1 unspecified atom stereocenters. The number of aromatic nitrogens is 1. The van der Waals surface area contributed by atoms with Gasteiger partial charge in [-0.3, -0.25) is 4.79 Å². The molecular weight excluding hydrogens is 374 g/mol. The fourth-order valence-electron chi connectivity index (χ4n) is 3.93. The number of para-hydroxylation sites is 1. The van der Waals surface area contributed by atoms with Crippen molar-refractivity contribution < 1.29 is 13.2 Å². The lowest BCUT2D eigenvalue weighted by Gasteiger charge is -2.24. The number of carbonyl (C=O) groups excluding carboxylic acids is 1. The Morgan fingerprint density at radius 1 is 1.18 bits per heavy atom. The van der Waals surface area contributed by atoms with Crippen LogP contribution in [0.4, 0.5) is 5.69 Å². The zero-order valence-electron chi connectivity index (χ0n) is 15.7. The summed E-state index contributed by atoms with van der Waals surface area (Å²) in [6.45, 7) is 1.95. The Morgan fingerprint density at radius 2 is 1.93 bits per heavy atom. The normalized spacial score (nSPS) is 17.8. The van der Waals surface area contributed by atoms with Gasteiger partial charge in [-0.2, -0.15) is 4.31 Å². The summed E-state index contributed by atoms with van der Waals surface area (Å²) in [6, 6.07) is 14.4. The highest BCUT2D eigenvalue weighted by Crippen LogP contribution is 2.30. The van der Waals surface area contributed by atoms with Crippen molar-refractivity contribution in [2.24, 2.45) is 0 Å². The monoisotopic (exact) mass is 397 g/mol. The van der Waals surface area contributed by atoms with E-state index in [1.54, 1.807) is 28.6 Å². The second kappa shape index (κ2) is 7.41. The summed E-state index contributed by atoms with van der Waals surface area (Å²) in [5.41, 5.74) is 2.80. The largest absolute Gasteiger partial charge is 0.361 e. The van der Waals surface area contributed by atoms with Crippen LogP contribution in [0.15, 0.2) is 59.6 Å². The standard InChI is InChI=1S/C21H23N3O3S/c1-15(25)23-17-8-10-19(11-9-17)28(26,27)24-12-4-5-18(24)13-16-14-22-21-7-3-2-6-20(16)21/h2-3,6-11,14,18,22H,4-5,12-13H2,1H3,(H,23,25). The quantitative estimate of drug-likeness (QED) is 0.691. The van der Waals surface area contributed by atoms with Crippen molar-refractivity contribution in [3.05, 3.63) is 60.3 Å². The molecule has 1 amide bonds. The molecule has 1 saturated heterocycles. The molecule has 4 rings (SSSR count). The van der Waals surface area contributed by atoms with Crippen LogP contribution < -0.4 is 5.32 Å². The third-order valence-electron chi connectivity index (χ3n) is 5.23. The minimum absolute atomic E-state index is 0.0563. The highest BCUT2D eigenvalue weighted by Gasteiger charge is 2.35. The molecule has 2 aromatic carbocycles. The summed E-state index contributed by atoms with van der Waals surface area (Å²) in [7, 11) is -3.58. The van der Waals surface area contributed by atoms with Gasteiger partial charge in [0.1, 0.15) is 0 Å². The summed E-state index contributed by atoms with van der Waals surface area (Å²) in [4.78, 5) is 14.7. The van der Waals surface area contributed by atoms with E-state index in [1.807, 2.05) is 24.4 Å². The van der Waals surface area contributed by atoms with Crippen molar-refractivity contribution in [2.45, 2.75) is 37.1 Å². The third-order valence-corrected chi connectivity index (χ3v) is 7.20. The zero-order chi connectivity index (χ0) is 19.7. The minimum atomic E-state index is -3.58. The highest BCUT2D eigenvalue weighted by molar-refractivity contribution is 7.89. The van der Waals surface area contributed by atoms with Gasteiger partial charge in [-0.25, -0.2) is 8.42 Å². The second-order valence-corrected chi connectivity index (χ2v) is 9.07. The first kappa shape index (κ1) is 18.7. The van der Waals surface area contributed by atoms with Gasteiger partial charge in [-0.15, -0.1) is 0 Å². The average Bonchev–Trinajstić information content (AvgIpc) is 3.30. The number of carbonyl (C=O) groups is 1. The number of sulfonamides is 1. The van der Waals surface area contributed by atoms with Crippen LogP contribution >= 0.6 is 0 Å². The van der Waals surface area contributed by atoms with Gasteiger partial charge in [0.25, 0.3) is 0 Å². The Bertz CT molecular complexity index is 1100. The Balaban J connectivity index is 1.57. The van der Waals surface area contributed by atoms with Gasteiger partial charge in [0.15, 0.2) is 0 Å². The number of aromatic amines is 1. The van der Waals surface area contributed by atoms with Crippen LogP contribution in [0.2, 0.25) is 0 Å². The van der Waals surface area contributed by atoms with Crippen LogP contribution in [0, 0.1) is 0 Å². The fraction of sp³-hybridized carbons (Fsp3) is 0.286. The maximum absolute atomic E-state index is 13.2. The highest BCUT2D eigenvalue weighted by atomic mass is 32.2. The fourth-order valence-corrected chi connectivity index (χ4v) is 5.63. The summed E-state index contributed by atoms with van der Waals surface area (Å²) < 4.78 is 28.0. The molecule has 0 saturated carbocycles. The number of hydrogen-bond donors (Lipinski definition) is 2. The molecule has 1 aliphatic rings. The molecule has 2 heterocycles. The van der Waals surface area contributed by atoms with Crippen molar-refractivity contribution in [1.82, 2.24) is 9.29 Å². The molecule has 7 heteroatoms. The summed E-state index contributed by atoms with van der Waals surface area (Å²) >= 11 is 0. The Morgan fingerprint density at radius 3 is 2.68 bits per heavy atom. The summed E-state index contributed by atoms with van der Waals surface area (Å²) in [5, 5.41) is 3.80. The number of benzene rings is 2. The number of fused-ring (bicyclic) bond motifs is 1. The maximum Gasteiger partial charge on any atom is 0.243 e. The number of anilines is 1. The van der Waals surface area contributed by atoms with Crippen LogP contribution in [-0.2, 0) is 21.2 Å². The SMILES string of the molecule is CC(=O)Nc1ccc(S(=O)(=O)N2CCCC2Cc2c[nH]c3ccccc23)cc1. The molecule has 28 heavy (non-hydrogen) atoms. The lowest BCUT2D eigenvalue weighted by atomic mass is 10.0. The minimum Gasteiger partial charge on any atom is -0.361 e. The molecule has 1 aliphatic heterocycles. The van der Waals surface area contributed by atoms with Crippen molar-refractivity contribution >= 4 is 32.5 Å². The van der Waals surface area contributed by atoms with Gasteiger partial charge >= 0.3 is 0 Å². The maximum atomic E-state index is 13.2. The number of H-pyrrole nitrogens is 1. The van der Waals surface area contributed by atoms with Crippen molar-refractivity contribution in [2.75, 3.05) is 11.9 Å². The first-order valence-corrected chi connectivity index (χ1v) is 10.8. The van der Waals surface area contributed by atoms with Crippen LogP contribution in [0.5, 0.6) is 0 Å². The molecule has 3 aromatic rings. The summed E-state index contributed by atoms with van der Waals surface area (Å²) in [6.07, 6.45) is 4.38. The molecule has 1 fully saturated rings. The van der Waals surface area contributed by atoms with E-state index in [9.17, 15) is 13.2 Å². The number of nitrogens with one attached hydrogen (secondary N) is 2. The molecule has 0 radical (unpaired) electrons. The predicted molar refractivity (Wildman–Crippen MR) is 110 cm³/mol. The summed E-state index contributed by atoms with van der Waals surface area (Å²) in [5.74, 6) is -0.186. The smallest absolute Gasteiger partial charge is 0.243 e. The number of amides is 1. The van der Waals surface area contributed by atoms with Crippen LogP contribution in [0.25, 0.3) is 10.9 Å². The number of rotatable bonds is 5. The lowest BCUT2D eigenvalue weighted by molar-refractivity contribution is -0.114. The van der Waals surface area contributed by atoms with E-state index in [-0.39, 0.29) is 16.8 Å². The molecule has 0 bridgehead atoms. The topological polar surface area (TPSA) is 82.3 Å². The van der Waals surface area contributed by atoms with Crippen LogP contribution in [0.3, 0.4) is 0 Å². The van der Waals surface area contributed by atoms with E-state index >= 15 is 0 Å². The van der Waals surface area contributed by atoms with Gasteiger partial charge in [0.05, 0.1) is 4.90 Å². The first-order valence-electron chi connectivity index (χ1n) is 9.39. The van der Waals surface area contributed by atoms with Crippen LogP contribution in [-0.4, -0.2) is 36.2 Å². The Hall–Kier alpha value is -2.64. The van der Waals surface area contributed by atoms with Gasteiger partial charge < -0.3 is 10.3 Å². The number of nitrogens with zero attached hydrogens (tertiary/aromatic N) is 1. The molecule has 0 spiro atoms. The average molecular weight is 398 g/mol. The Kier molecular flexibility index (Phi) is 4.95. The number of hydrogen-bond acceptors (Lipinski definition) is 3. The van der Waals surface area contributed by atoms with Crippen molar-refractivity contribution in [1.29, 1.82) is 0 Å². The van der Waals surface area contributed by atoms with Gasteiger partial charge in [-0.05, 0) is 55.2 Å². The molecule has 1 aromatic heterocycles. The predicted octanol–water partition coefficient (Wildman–Crippen LogP) is 3.52. The molecule has 1 atom stereocenters. The van der Waals surface area contributed by atoms with Gasteiger partial charge in [-0.1, -0.05) is 18.2 Å². The van der Waals surface area contributed by atoms with E-state index in [4.69, 9.17) is 0 Å². The van der Waals surface area contributed by atoms with E-state index in [2.05, 4.69) is 16.4 Å². The lowest BCUT2D eigenvalue weighted by Crippen LogP contribution is -2.36. The first-order chi connectivity index (χ1) is 13.4. The van der Waals surface area contributed by atoms with Crippen molar-refractivity contribution in [3.63, 3.8) is 0 Å². The molecule has 146 valence electrons. The van der Waals surface area contributed by atoms with E-state index in [0.717, 1.165) is 29.3 Å². The van der Waals surface area contributed by atoms with Gasteiger partial charge in [0, 0.05) is 42.3 Å². The molecular formula is C21H23N3O3S. The Labute approximate surface area is 164 Å². The van der Waals surface area contributed by atoms with Crippen LogP contribution in [0.1, 0.15) is 25.3 Å². The van der Waals surface area contributed by atoms with Gasteiger partial charge in [0.2, 0.25) is 15.9 Å². The molecule has 2 N–H and O–H groups in total. The zero-order valence-corrected chi connectivity index (χ0v) is 16.5. The molecule has 6 nitrogen and oxygen atoms in total. The van der Waals surface area contributed by atoms with Crippen molar-refractivity contribution in [3.8, 4) is 0 Å². The second-order valence-electron chi connectivity index (χ2n) is 7.18. The van der Waals surface area contributed by atoms with E-state index in [1.165, 1.54) is 6.92 Å². The van der Waals surface area contributed by atoms with E-state index < -0.39 is 10.0 Å².